The molecule has 0 radical (unpaired) electrons. The first-order valence-electron chi connectivity index (χ1n) is 8.60. The Morgan fingerprint density at radius 1 is 1.44 bits per heavy atom. The highest BCUT2D eigenvalue weighted by Gasteiger charge is 2.27. The first-order valence-corrected chi connectivity index (χ1v) is 8.98. The number of rotatable bonds is 5. The average Bonchev–Trinajstić information content (AvgIpc) is 2.64. The van der Waals surface area contributed by atoms with Crippen LogP contribution < -0.4 is 5.32 Å². The van der Waals surface area contributed by atoms with E-state index in [-0.39, 0.29) is 18.4 Å². The Balaban J connectivity index is 1.99. The molecule has 1 atom stereocenters. The van der Waals surface area contributed by atoms with E-state index in [9.17, 15) is 9.90 Å². The van der Waals surface area contributed by atoms with Crippen molar-refractivity contribution in [2.75, 3.05) is 33.3 Å². The molecule has 25 heavy (non-hydrogen) atoms. The average molecular weight is 368 g/mol. The number of ether oxygens (including phenoxy) is 1. The van der Waals surface area contributed by atoms with Gasteiger partial charge in [-0.05, 0) is 25.8 Å². The van der Waals surface area contributed by atoms with Gasteiger partial charge in [0.15, 0.2) is 5.96 Å². The highest BCUT2D eigenvalue weighted by Crippen LogP contribution is 2.23. The van der Waals surface area contributed by atoms with Crippen molar-refractivity contribution >= 4 is 23.5 Å². The molecule has 1 aromatic carbocycles. The van der Waals surface area contributed by atoms with E-state index in [1.807, 2.05) is 19.1 Å². The number of likely N-dealkylation sites (tertiary alicyclic amines) is 1. The highest BCUT2D eigenvalue weighted by molar-refractivity contribution is 6.31. The summed E-state index contributed by atoms with van der Waals surface area (Å²) < 4.78 is 4.82. The molecule has 6 nitrogen and oxygen atoms in total. The predicted molar refractivity (Wildman–Crippen MR) is 98.7 cm³/mol. The lowest BCUT2D eigenvalue weighted by Gasteiger charge is -2.33. The molecule has 138 valence electrons. The Kier molecular flexibility index (Phi) is 7.52. The highest BCUT2D eigenvalue weighted by atomic mass is 35.5. The van der Waals surface area contributed by atoms with Crippen LogP contribution >= 0.6 is 11.6 Å². The molecule has 1 aliphatic rings. The summed E-state index contributed by atoms with van der Waals surface area (Å²) in [5.74, 6) is 0.561. The minimum atomic E-state index is -0.755. The lowest BCUT2D eigenvalue weighted by molar-refractivity contribution is -0.146. The quantitative estimate of drug-likeness (QED) is 0.474. The van der Waals surface area contributed by atoms with Crippen molar-refractivity contribution in [2.45, 2.75) is 25.9 Å². The number of methoxy groups -OCH3 is 1. The molecule has 1 heterocycles. The topological polar surface area (TPSA) is 74.2 Å². The van der Waals surface area contributed by atoms with Gasteiger partial charge in [0, 0.05) is 30.2 Å². The number of halogens is 1. The van der Waals surface area contributed by atoms with Crippen molar-refractivity contribution in [3.8, 4) is 0 Å². The smallest absolute Gasteiger partial charge is 0.308 e. The van der Waals surface area contributed by atoms with E-state index in [0.717, 1.165) is 38.4 Å². The van der Waals surface area contributed by atoms with E-state index in [1.54, 1.807) is 12.1 Å². The number of piperidine rings is 1. The Hall–Kier alpha value is -1.79. The van der Waals surface area contributed by atoms with Gasteiger partial charge >= 0.3 is 5.97 Å². The summed E-state index contributed by atoms with van der Waals surface area (Å²) in [6.45, 7) is 4.42. The molecule has 0 aromatic heterocycles. The first kappa shape index (κ1) is 19.5. The fourth-order valence-electron chi connectivity index (χ4n) is 2.94. The van der Waals surface area contributed by atoms with Crippen LogP contribution in [-0.4, -0.2) is 55.2 Å². The van der Waals surface area contributed by atoms with Crippen molar-refractivity contribution in [1.29, 1.82) is 0 Å². The largest absolute Gasteiger partial charge is 0.469 e. The molecule has 1 aliphatic heterocycles. The van der Waals surface area contributed by atoms with Gasteiger partial charge < -0.3 is 20.1 Å². The Labute approximate surface area is 153 Å². The van der Waals surface area contributed by atoms with E-state index >= 15 is 0 Å². The predicted octanol–water partition coefficient (Wildman–Crippen LogP) is 2.22. The number of carbonyl (C=O) groups excluding carboxylic acids is 1. The molecule has 0 bridgehead atoms. The summed E-state index contributed by atoms with van der Waals surface area (Å²) in [6.07, 6.45) is 0.726. The van der Waals surface area contributed by atoms with E-state index in [2.05, 4.69) is 15.2 Å². The number of aliphatic imine (C=N–C) groups is 1. The molecule has 1 unspecified atom stereocenters. The minimum absolute atomic E-state index is 0.0437. The molecule has 1 saturated heterocycles. The summed E-state index contributed by atoms with van der Waals surface area (Å²) >= 11 is 6.13. The fourth-order valence-corrected chi connectivity index (χ4v) is 3.20. The molecule has 0 aliphatic carbocycles. The van der Waals surface area contributed by atoms with Gasteiger partial charge in [0.05, 0.1) is 19.6 Å². The molecule has 2 N–H and O–H groups in total. The summed E-state index contributed by atoms with van der Waals surface area (Å²) in [5, 5.41) is 14.1. The molecule has 1 aromatic rings. The number of hydrogen-bond donors (Lipinski definition) is 2. The second-order valence-corrected chi connectivity index (χ2v) is 6.42. The summed E-state index contributed by atoms with van der Waals surface area (Å²) in [6, 6.07) is 7.23. The third-order valence-corrected chi connectivity index (χ3v) is 4.69. The Bertz CT molecular complexity index is 601. The Morgan fingerprint density at radius 3 is 2.72 bits per heavy atom. The zero-order valence-electron chi connectivity index (χ0n) is 14.7. The van der Waals surface area contributed by atoms with Crippen molar-refractivity contribution in [2.24, 2.45) is 10.9 Å². The number of benzene rings is 1. The second-order valence-electron chi connectivity index (χ2n) is 6.02. The lowest BCUT2D eigenvalue weighted by Crippen LogP contribution is -2.46. The minimum Gasteiger partial charge on any atom is -0.469 e. The third-order valence-electron chi connectivity index (χ3n) is 4.34. The molecule has 0 saturated carbocycles. The summed E-state index contributed by atoms with van der Waals surface area (Å²) in [7, 11) is 1.43. The normalized spacial score (nSPS) is 17.3. The van der Waals surface area contributed by atoms with Crippen LogP contribution in [-0.2, 0) is 9.53 Å². The van der Waals surface area contributed by atoms with Crippen LogP contribution in [0, 0.1) is 5.92 Å². The maximum atomic E-state index is 11.6. The standard InChI is InChI=1S/C18H26ClN3O3/c1-3-20-18(22-10-8-13(9-11-22)17(24)25-2)21-12-16(23)14-6-4-5-7-15(14)19/h4-7,13,16,23H,3,8-12H2,1-2H3,(H,20,21). The van der Waals surface area contributed by atoms with Crippen LogP contribution in [0.1, 0.15) is 31.4 Å². The number of nitrogens with one attached hydrogen (secondary N) is 1. The number of aliphatic hydroxyl groups excluding tert-OH is 1. The van der Waals surface area contributed by atoms with Crippen molar-refractivity contribution in [3.63, 3.8) is 0 Å². The number of hydrogen-bond acceptors (Lipinski definition) is 4. The maximum Gasteiger partial charge on any atom is 0.308 e. The first-order chi connectivity index (χ1) is 12.1. The SMILES string of the molecule is CCNC(=NCC(O)c1ccccc1Cl)N1CCC(C(=O)OC)CC1. The van der Waals surface area contributed by atoms with Gasteiger partial charge in [0.2, 0.25) is 0 Å². The van der Waals surface area contributed by atoms with Crippen molar-refractivity contribution < 1.29 is 14.6 Å². The summed E-state index contributed by atoms with van der Waals surface area (Å²) in [4.78, 5) is 18.3. The number of esters is 1. The van der Waals surface area contributed by atoms with Crippen LogP contribution in [0.3, 0.4) is 0 Å². The van der Waals surface area contributed by atoms with E-state index in [1.165, 1.54) is 7.11 Å². The van der Waals surface area contributed by atoms with Crippen LogP contribution in [0.25, 0.3) is 0 Å². The fraction of sp³-hybridized carbons (Fsp3) is 0.556. The van der Waals surface area contributed by atoms with Crippen LogP contribution in [0.4, 0.5) is 0 Å². The van der Waals surface area contributed by atoms with Gasteiger partial charge in [-0.25, -0.2) is 0 Å². The van der Waals surface area contributed by atoms with Gasteiger partial charge in [-0.1, -0.05) is 29.8 Å². The van der Waals surface area contributed by atoms with Gasteiger partial charge in [0.1, 0.15) is 6.10 Å². The molecule has 0 spiro atoms. The zero-order chi connectivity index (χ0) is 18.2. The zero-order valence-corrected chi connectivity index (χ0v) is 15.5. The number of guanidine groups is 1. The molecular weight excluding hydrogens is 342 g/mol. The van der Waals surface area contributed by atoms with Crippen LogP contribution in [0.5, 0.6) is 0 Å². The van der Waals surface area contributed by atoms with E-state index in [0.29, 0.717) is 10.6 Å². The van der Waals surface area contributed by atoms with Crippen LogP contribution in [0.2, 0.25) is 5.02 Å². The van der Waals surface area contributed by atoms with Gasteiger partial charge in [0.25, 0.3) is 0 Å². The van der Waals surface area contributed by atoms with Crippen molar-refractivity contribution in [3.05, 3.63) is 34.9 Å². The maximum absolute atomic E-state index is 11.6. The van der Waals surface area contributed by atoms with E-state index in [4.69, 9.17) is 16.3 Å². The van der Waals surface area contributed by atoms with Gasteiger partial charge in [-0.3, -0.25) is 9.79 Å². The van der Waals surface area contributed by atoms with Gasteiger partial charge in [-0.15, -0.1) is 0 Å². The monoisotopic (exact) mass is 367 g/mol. The molecule has 0 amide bonds. The molecule has 1 fully saturated rings. The van der Waals surface area contributed by atoms with Gasteiger partial charge in [-0.2, -0.15) is 0 Å². The molecule has 2 rings (SSSR count). The van der Waals surface area contributed by atoms with Crippen LogP contribution in [0.15, 0.2) is 29.3 Å². The second kappa shape index (κ2) is 9.63. The van der Waals surface area contributed by atoms with E-state index < -0.39 is 6.10 Å². The summed E-state index contributed by atoms with van der Waals surface area (Å²) in [5.41, 5.74) is 0.674. The molecule has 7 heteroatoms. The number of nitrogens with zero attached hydrogens (tertiary/aromatic N) is 2. The number of carbonyl (C=O) groups is 1. The van der Waals surface area contributed by atoms with Crippen molar-refractivity contribution in [1.82, 2.24) is 10.2 Å². The number of aliphatic hydroxyl groups is 1. The lowest BCUT2D eigenvalue weighted by atomic mass is 9.97. The third kappa shape index (κ3) is 5.34. The Morgan fingerprint density at radius 2 is 2.12 bits per heavy atom. The molecular formula is C18H26ClN3O3.